The highest BCUT2D eigenvalue weighted by atomic mass is 79.9. The molecule has 0 aliphatic heterocycles. The molecule has 1 aromatic carbocycles. The minimum absolute atomic E-state index is 0.0264. The predicted molar refractivity (Wildman–Crippen MR) is 85.2 cm³/mol. The van der Waals surface area contributed by atoms with E-state index in [-0.39, 0.29) is 40.8 Å². The van der Waals surface area contributed by atoms with Gasteiger partial charge in [0, 0.05) is 22.0 Å². The number of fused-ring (bicyclic) bond motifs is 5. The van der Waals surface area contributed by atoms with Gasteiger partial charge in [-0.2, -0.15) is 0 Å². The molecule has 0 spiro atoms. The van der Waals surface area contributed by atoms with Gasteiger partial charge in [0.2, 0.25) is 0 Å². The molecule has 3 aliphatic rings. The second-order valence-electron chi connectivity index (χ2n) is 6.09. The molecule has 0 heterocycles. The third-order valence-corrected chi connectivity index (χ3v) is 5.44. The van der Waals surface area contributed by atoms with Gasteiger partial charge in [0.25, 0.3) is 5.91 Å². The molecule has 2 N–H and O–H groups in total. The molecule has 0 saturated heterocycles. The summed E-state index contributed by atoms with van der Waals surface area (Å²) in [7, 11) is 0. The van der Waals surface area contributed by atoms with Crippen LogP contribution in [0.15, 0.2) is 52.2 Å². The summed E-state index contributed by atoms with van der Waals surface area (Å²) in [6.07, 6.45) is 5.02. The smallest absolute Gasteiger partial charge is 0.262 e. The molecule has 22 heavy (non-hydrogen) atoms. The lowest BCUT2D eigenvalue weighted by molar-refractivity contribution is -0.122. The van der Waals surface area contributed by atoms with Gasteiger partial charge in [0.05, 0.1) is 0 Å². The average molecular weight is 360 g/mol. The number of hydrogen-bond donors (Lipinski definition) is 2. The zero-order chi connectivity index (χ0) is 15.4. The van der Waals surface area contributed by atoms with E-state index in [1.165, 1.54) is 0 Å². The minimum Gasteiger partial charge on any atom is -0.511 e. The fourth-order valence-electron chi connectivity index (χ4n) is 3.97. The molecule has 4 atom stereocenters. The molecule has 1 saturated carbocycles. The van der Waals surface area contributed by atoms with Gasteiger partial charge in [-0.15, -0.1) is 0 Å². The van der Waals surface area contributed by atoms with Crippen molar-refractivity contribution in [3.8, 4) is 0 Å². The van der Waals surface area contributed by atoms with Crippen LogP contribution in [0.3, 0.4) is 0 Å². The zero-order valence-electron chi connectivity index (χ0n) is 11.6. The van der Waals surface area contributed by atoms with E-state index >= 15 is 0 Å². The van der Waals surface area contributed by atoms with Crippen molar-refractivity contribution < 1.29 is 14.7 Å². The summed E-state index contributed by atoms with van der Waals surface area (Å²) in [5.41, 5.74) is 0.538. The van der Waals surface area contributed by atoms with E-state index in [9.17, 15) is 14.7 Å². The molecule has 3 aliphatic carbocycles. The molecule has 0 unspecified atom stereocenters. The first-order chi connectivity index (χ1) is 10.6. The Morgan fingerprint density at radius 2 is 1.77 bits per heavy atom. The van der Waals surface area contributed by atoms with Crippen molar-refractivity contribution in [1.29, 1.82) is 0 Å². The van der Waals surface area contributed by atoms with E-state index < -0.39 is 5.91 Å². The number of nitrogens with one attached hydrogen (secondary N) is 1. The summed E-state index contributed by atoms with van der Waals surface area (Å²) in [6.45, 7) is 0. The second kappa shape index (κ2) is 4.81. The topological polar surface area (TPSA) is 66.4 Å². The highest BCUT2D eigenvalue weighted by Gasteiger charge is 2.56. The second-order valence-corrected chi connectivity index (χ2v) is 7.00. The number of carbonyl (C=O) groups excluding carboxylic acids is 2. The van der Waals surface area contributed by atoms with Gasteiger partial charge in [-0.1, -0.05) is 28.1 Å². The molecule has 2 bridgehead atoms. The molecule has 4 rings (SSSR count). The van der Waals surface area contributed by atoms with E-state index in [1.807, 2.05) is 6.08 Å². The minimum atomic E-state index is -0.515. The van der Waals surface area contributed by atoms with Crippen LogP contribution >= 0.6 is 15.9 Å². The number of rotatable bonds is 2. The highest BCUT2D eigenvalue weighted by Crippen LogP contribution is 2.55. The van der Waals surface area contributed by atoms with Gasteiger partial charge in [0.15, 0.2) is 5.78 Å². The van der Waals surface area contributed by atoms with E-state index in [0.29, 0.717) is 5.69 Å². The summed E-state index contributed by atoms with van der Waals surface area (Å²) in [6, 6.07) is 7.09. The van der Waals surface area contributed by atoms with Crippen molar-refractivity contribution in [3.63, 3.8) is 0 Å². The normalized spacial score (nSPS) is 31.8. The maximum atomic E-state index is 12.6. The van der Waals surface area contributed by atoms with E-state index in [1.54, 1.807) is 24.3 Å². The maximum Gasteiger partial charge on any atom is 0.262 e. The maximum absolute atomic E-state index is 12.6. The van der Waals surface area contributed by atoms with Crippen LogP contribution in [0.25, 0.3) is 0 Å². The summed E-state index contributed by atoms with van der Waals surface area (Å²) in [4.78, 5) is 25.0. The van der Waals surface area contributed by atoms with Gasteiger partial charge >= 0.3 is 0 Å². The Morgan fingerprint density at radius 3 is 2.41 bits per heavy atom. The van der Waals surface area contributed by atoms with Crippen LogP contribution in [0.4, 0.5) is 5.69 Å². The van der Waals surface area contributed by atoms with Crippen molar-refractivity contribution in [2.75, 3.05) is 5.32 Å². The molecule has 4 nitrogen and oxygen atoms in total. The van der Waals surface area contributed by atoms with E-state index in [4.69, 9.17) is 0 Å². The van der Waals surface area contributed by atoms with Crippen LogP contribution in [-0.4, -0.2) is 16.8 Å². The lowest BCUT2D eigenvalue weighted by Gasteiger charge is -2.18. The molecule has 5 heteroatoms. The fourth-order valence-corrected chi connectivity index (χ4v) is 4.23. The fraction of sp³-hybridized carbons (Fsp3) is 0.294. The first-order valence-electron chi connectivity index (χ1n) is 7.29. The number of allylic oxidation sites excluding steroid dienone is 3. The number of aliphatic hydroxyl groups excluding tert-OH is 1. The lowest BCUT2D eigenvalue weighted by atomic mass is 9.84. The van der Waals surface area contributed by atoms with Crippen LogP contribution in [0.2, 0.25) is 0 Å². The Hall–Kier alpha value is -1.88. The number of hydrogen-bond acceptors (Lipinski definition) is 3. The molecule has 0 aromatic heterocycles. The van der Waals surface area contributed by atoms with Crippen molar-refractivity contribution in [3.05, 3.63) is 52.2 Å². The van der Waals surface area contributed by atoms with Crippen LogP contribution in [0, 0.1) is 23.7 Å². The Labute approximate surface area is 136 Å². The van der Waals surface area contributed by atoms with Crippen molar-refractivity contribution >= 4 is 33.3 Å². The van der Waals surface area contributed by atoms with Gasteiger partial charge in [-0.25, -0.2) is 0 Å². The first-order valence-corrected chi connectivity index (χ1v) is 8.08. The number of aliphatic hydroxyl groups is 1. The van der Waals surface area contributed by atoms with Crippen molar-refractivity contribution in [2.45, 2.75) is 6.42 Å². The van der Waals surface area contributed by atoms with Crippen LogP contribution in [0.5, 0.6) is 0 Å². The Bertz CT molecular complexity index is 735. The number of ketones is 1. The van der Waals surface area contributed by atoms with Crippen molar-refractivity contribution in [1.82, 2.24) is 0 Å². The van der Waals surface area contributed by atoms with Gasteiger partial charge < -0.3 is 10.4 Å². The molecular weight excluding hydrogens is 346 g/mol. The summed E-state index contributed by atoms with van der Waals surface area (Å²) in [5, 5.41) is 13.1. The number of amides is 1. The molecule has 112 valence electrons. The molecule has 0 radical (unpaired) electrons. The molecule has 1 aromatic rings. The molecule has 1 fully saturated rings. The van der Waals surface area contributed by atoms with E-state index in [0.717, 1.165) is 10.9 Å². The van der Waals surface area contributed by atoms with Gasteiger partial charge in [-0.3, -0.25) is 9.59 Å². The monoisotopic (exact) mass is 359 g/mol. The van der Waals surface area contributed by atoms with Gasteiger partial charge in [-0.05, 0) is 42.5 Å². The third kappa shape index (κ3) is 1.88. The van der Waals surface area contributed by atoms with Crippen LogP contribution < -0.4 is 5.32 Å². The Balaban J connectivity index is 1.61. The average Bonchev–Trinajstić information content (AvgIpc) is 3.15. The number of Topliss-reactive ketones (excluding diaryl/α,β-unsaturated/α-hetero) is 1. The number of halogens is 1. The predicted octanol–water partition coefficient (Wildman–Crippen LogP) is 3.22. The van der Waals surface area contributed by atoms with E-state index in [2.05, 4.69) is 27.3 Å². The zero-order valence-corrected chi connectivity index (χ0v) is 13.2. The number of benzene rings is 1. The third-order valence-electron chi connectivity index (χ3n) is 4.91. The van der Waals surface area contributed by atoms with Crippen LogP contribution in [0.1, 0.15) is 6.42 Å². The standard InChI is InChI=1S/C17H14BrNO3/c18-10-3-5-11(6-4-10)19-17(22)14-15(20)12-8-1-2-9(7-8)13(12)16(14)21/h1-6,8-9,12-13,20H,7H2,(H,19,22)/t8-,9+,12-,13+/m0/s1. The summed E-state index contributed by atoms with van der Waals surface area (Å²) >= 11 is 3.33. The van der Waals surface area contributed by atoms with Gasteiger partial charge in [0.1, 0.15) is 11.3 Å². The largest absolute Gasteiger partial charge is 0.511 e. The Morgan fingerprint density at radius 1 is 1.14 bits per heavy atom. The SMILES string of the molecule is O=C(Nc1ccc(Br)cc1)C1=C(O)[C@@H]2[C@H](C1=O)[C@@H]1C=C[C@H]2C1. The molecular formula is C17H14BrNO3. The quantitative estimate of drug-likeness (QED) is 0.629. The lowest BCUT2D eigenvalue weighted by Crippen LogP contribution is -2.25. The van der Waals surface area contributed by atoms with Crippen LogP contribution in [-0.2, 0) is 9.59 Å². The summed E-state index contributed by atoms with van der Waals surface area (Å²) in [5.74, 6) is -0.845. The van der Waals surface area contributed by atoms with Crippen molar-refractivity contribution in [2.24, 2.45) is 23.7 Å². The number of anilines is 1. The Kier molecular flexibility index (Phi) is 3.01. The summed E-state index contributed by atoms with van der Waals surface area (Å²) < 4.78 is 0.904. The number of carbonyl (C=O) groups is 2. The first kappa shape index (κ1) is 13.8. The highest BCUT2D eigenvalue weighted by molar-refractivity contribution is 9.10. The molecule has 1 amide bonds.